The van der Waals surface area contributed by atoms with Gasteiger partial charge in [0.1, 0.15) is 5.82 Å². The lowest BCUT2D eigenvalue weighted by Gasteiger charge is -2.14. The predicted molar refractivity (Wildman–Crippen MR) is 86.6 cm³/mol. The molecule has 1 aliphatic carbocycles. The van der Waals surface area contributed by atoms with Gasteiger partial charge in [0.05, 0.1) is 10.9 Å². The summed E-state index contributed by atoms with van der Waals surface area (Å²) in [5, 5.41) is 4.03. The molecule has 110 valence electrons. The minimum Gasteiger partial charge on any atom is -0.344 e. The average molecular weight is 283 g/mol. The van der Waals surface area contributed by atoms with Gasteiger partial charge in [-0.25, -0.2) is 4.98 Å². The van der Waals surface area contributed by atoms with Crippen LogP contribution in [-0.4, -0.2) is 9.55 Å². The van der Waals surface area contributed by atoms with Crippen LogP contribution < -0.4 is 10.9 Å². The highest BCUT2D eigenvalue weighted by atomic mass is 16.1. The molecule has 0 atom stereocenters. The van der Waals surface area contributed by atoms with Crippen molar-refractivity contribution < 1.29 is 0 Å². The van der Waals surface area contributed by atoms with Gasteiger partial charge in [-0.15, -0.1) is 0 Å². The average Bonchev–Trinajstić information content (AvgIpc) is 3.26. The third kappa shape index (κ3) is 2.58. The first-order chi connectivity index (χ1) is 9.97. The molecule has 2 heterocycles. The normalized spacial score (nSPS) is 14.7. The SMILES string of the molecule is C=C(Nc1cc(C(C)C)c2c(=O)n(C)ccc2n1)C1CC1. The van der Waals surface area contributed by atoms with Crippen LogP contribution >= 0.6 is 0 Å². The van der Waals surface area contributed by atoms with E-state index in [0.717, 1.165) is 28.0 Å². The number of hydrogen-bond acceptors (Lipinski definition) is 3. The van der Waals surface area contributed by atoms with Crippen molar-refractivity contribution in [2.45, 2.75) is 32.6 Å². The van der Waals surface area contributed by atoms with E-state index in [0.29, 0.717) is 5.92 Å². The molecule has 4 nitrogen and oxygen atoms in total. The summed E-state index contributed by atoms with van der Waals surface area (Å²) in [6.07, 6.45) is 4.18. The number of nitrogens with zero attached hydrogens (tertiary/aromatic N) is 2. The minimum absolute atomic E-state index is 0.0104. The molecule has 0 spiro atoms. The van der Waals surface area contributed by atoms with Crippen LogP contribution in [0.4, 0.5) is 5.82 Å². The molecule has 21 heavy (non-hydrogen) atoms. The number of rotatable bonds is 4. The first-order valence-corrected chi connectivity index (χ1v) is 7.43. The van der Waals surface area contributed by atoms with Gasteiger partial charge in [0.25, 0.3) is 5.56 Å². The van der Waals surface area contributed by atoms with Gasteiger partial charge in [0.2, 0.25) is 0 Å². The van der Waals surface area contributed by atoms with E-state index in [1.165, 1.54) is 12.8 Å². The van der Waals surface area contributed by atoms with Crippen LogP contribution in [0.2, 0.25) is 0 Å². The Hall–Kier alpha value is -2.10. The Morgan fingerprint density at radius 3 is 2.81 bits per heavy atom. The lowest BCUT2D eigenvalue weighted by atomic mass is 9.99. The Balaban J connectivity index is 2.14. The van der Waals surface area contributed by atoms with Crippen molar-refractivity contribution >= 4 is 16.7 Å². The summed E-state index contributed by atoms with van der Waals surface area (Å²) >= 11 is 0. The molecule has 0 aliphatic heterocycles. The van der Waals surface area contributed by atoms with Gasteiger partial charge in [0.15, 0.2) is 0 Å². The van der Waals surface area contributed by atoms with Crippen molar-refractivity contribution in [3.8, 4) is 0 Å². The van der Waals surface area contributed by atoms with E-state index in [2.05, 4.69) is 30.7 Å². The highest BCUT2D eigenvalue weighted by Gasteiger charge is 2.25. The number of anilines is 1. The monoisotopic (exact) mass is 283 g/mol. The summed E-state index contributed by atoms with van der Waals surface area (Å²) in [6.45, 7) is 8.28. The van der Waals surface area contributed by atoms with Crippen LogP contribution in [0.1, 0.15) is 38.2 Å². The summed E-state index contributed by atoms with van der Waals surface area (Å²) in [7, 11) is 1.77. The van der Waals surface area contributed by atoms with E-state index in [1.54, 1.807) is 17.8 Å². The molecule has 1 aliphatic rings. The van der Waals surface area contributed by atoms with Gasteiger partial charge in [-0.1, -0.05) is 20.4 Å². The number of nitrogens with one attached hydrogen (secondary N) is 1. The van der Waals surface area contributed by atoms with Gasteiger partial charge in [0, 0.05) is 18.9 Å². The first-order valence-electron chi connectivity index (χ1n) is 7.43. The molecule has 4 heteroatoms. The molecule has 0 amide bonds. The van der Waals surface area contributed by atoms with E-state index in [4.69, 9.17) is 0 Å². The molecule has 1 fully saturated rings. The minimum atomic E-state index is 0.0104. The summed E-state index contributed by atoms with van der Waals surface area (Å²) in [6, 6.07) is 3.88. The fourth-order valence-corrected chi connectivity index (χ4v) is 2.58. The molecule has 0 radical (unpaired) electrons. The highest BCUT2D eigenvalue weighted by molar-refractivity contribution is 5.83. The van der Waals surface area contributed by atoms with Gasteiger partial charge in [-0.3, -0.25) is 4.79 Å². The summed E-state index contributed by atoms with van der Waals surface area (Å²) in [5.74, 6) is 1.63. The van der Waals surface area contributed by atoms with Crippen LogP contribution in [0, 0.1) is 5.92 Å². The molecule has 0 unspecified atom stereocenters. The number of allylic oxidation sites excluding steroid dienone is 1. The van der Waals surface area contributed by atoms with E-state index in [1.807, 2.05) is 12.1 Å². The molecular formula is C17H21N3O. The molecule has 0 saturated heterocycles. The molecule has 1 saturated carbocycles. The van der Waals surface area contributed by atoms with Gasteiger partial charge in [-0.05, 0) is 42.4 Å². The maximum Gasteiger partial charge on any atom is 0.260 e. The maximum absolute atomic E-state index is 12.4. The number of aromatic nitrogens is 2. The summed E-state index contributed by atoms with van der Waals surface area (Å²) < 4.78 is 1.60. The molecule has 0 bridgehead atoms. The third-order valence-electron chi connectivity index (χ3n) is 4.05. The fourth-order valence-electron chi connectivity index (χ4n) is 2.58. The second kappa shape index (κ2) is 5.02. The van der Waals surface area contributed by atoms with E-state index in [9.17, 15) is 4.79 Å². The van der Waals surface area contributed by atoms with Crippen molar-refractivity contribution in [2.24, 2.45) is 13.0 Å². The number of pyridine rings is 2. The molecule has 3 rings (SSSR count). The van der Waals surface area contributed by atoms with Crippen molar-refractivity contribution in [3.05, 3.63) is 46.5 Å². The van der Waals surface area contributed by atoms with Crippen molar-refractivity contribution in [1.29, 1.82) is 0 Å². The lowest BCUT2D eigenvalue weighted by Crippen LogP contribution is -2.18. The van der Waals surface area contributed by atoms with Crippen LogP contribution in [-0.2, 0) is 7.05 Å². The molecule has 2 aromatic heterocycles. The lowest BCUT2D eigenvalue weighted by molar-refractivity contribution is 0.848. The zero-order valence-electron chi connectivity index (χ0n) is 12.8. The Morgan fingerprint density at radius 1 is 1.48 bits per heavy atom. The second-order valence-corrected chi connectivity index (χ2v) is 6.17. The van der Waals surface area contributed by atoms with Gasteiger partial charge >= 0.3 is 0 Å². The van der Waals surface area contributed by atoms with Crippen molar-refractivity contribution in [1.82, 2.24) is 9.55 Å². The number of aryl methyl sites for hydroxylation is 1. The highest BCUT2D eigenvalue weighted by Crippen LogP contribution is 2.36. The van der Waals surface area contributed by atoms with Crippen molar-refractivity contribution in [2.75, 3.05) is 5.32 Å². The zero-order chi connectivity index (χ0) is 15.1. The van der Waals surface area contributed by atoms with E-state index < -0.39 is 0 Å². The quantitative estimate of drug-likeness (QED) is 0.935. The van der Waals surface area contributed by atoms with Crippen molar-refractivity contribution in [3.63, 3.8) is 0 Å². The maximum atomic E-state index is 12.4. The van der Waals surface area contributed by atoms with Crippen LogP contribution in [0.15, 0.2) is 35.4 Å². The van der Waals surface area contributed by atoms with Gasteiger partial charge in [-0.2, -0.15) is 0 Å². The fraction of sp³-hybridized carbons (Fsp3) is 0.412. The van der Waals surface area contributed by atoms with E-state index in [-0.39, 0.29) is 11.5 Å². The van der Waals surface area contributed by atoms with Crippen LogP contribution in [0.25, 0.3) is 10.9 Å². The number of hydrogen-bond donors (Lipinski definition) is 1. The Morgan fingerprint density at radius 2 is 2.19 bits per heavy atom. The molecular weight excluding hydrogens is 262 g/mol. The zero-order valence-corrected chi connectivity index (χ0v) is 12.8. The Bertz CT molecular complexity index is 769. The molecule has 0 aromatic carbocycles. The Kier molecular flexibility index (Phi) is 3.32. The topological polar surface area (TPSA) is 46.9 Å². The van der Waals surface area contributed by atoms with Gasteiger partial charge < -0.3 is 9.88 Å². The Labute approximate surface area is 124 Å². The molecule has 1 N–H and O–H groups in total. The van der Waals surface area contributed by atoms with Crippen LogP contribution in [0.5, 0.6) is 0 Å². The summed E-state index contributed by atoms with van der Waals surface area (Å²) in [4.78, 5) is 17.0. The van der Waals surface area contributed by atoms with E-state index >= 15 is 0 Å². The number of fused-ring (bicyclic) bond motifs is 1. The smallest absolute Gasteiger partial charge is 0.260 e. The third-order valence-corrected chi connectivity index (χ3v) is 4.05. The second-order valence-electron chi connectivity index (χ2n) is 6.17. The van der Waals surface area contributed by atoms with Crippen LogP contribution in [0.3, 0.4) is 0 Å². The first kappa shape index (κ1) is 13.9. The predicted octanol–water partition coefficient (Wildman–Crippen LogP) is 3.39. The summed E-state index contributed by atoms with van der Waals surface area (Å²) in [5.41, 5.74) is 2.82. The largest absolute Gasteiger partial charge is 0.344 e. The molecule has 2 aromatic rings. The standard InChI is InChI=1S/C17H21N3O/c1-10(2)13-9-15(18-11(3)12-5-6-12)19-14-7-8-20(4)17(21)16(13)14/h7-10,12H,3,5-6H2,1-2,4H3,(H,18,19).